The summed E-state index contributed by atoms with van der Waals surface area (Å²) >= 11 is 5.09. The zero-order chi connectivity index (χ0) is 14.0. The number of nitrogens with one attached hydrogen (secondary N) is 1. The fourth-order valence-corrected chi connectivity index (χ4v) is 3.01. The number of hydrogen-bond acceptors (Lipinski definition) is 2. The molecular weight excluding hydrogens is 256 g/mol. The number of thiocarbonyl (C=S) groups is 1. The van der Waals surface area contributed by atoms with Crippen molar-refractivity contribution in [2.75, 3.05) is 5.32 Å². The fourth-order valence-electron chi connectivity index (χ4n) is 2.75. The van der Waals surface area contributed by atoms with E-state index in [-0.39, 0.29) is 5.91 Å². The highest BCUT2D eigenvalue weighted by Gasteiger charge is 2.50. The maximum Gasteiger partial charge on any atom is 0.237 e. The molecule has 4 heteroatoms. The molecular formula is C15H20N2OS. The Kier molecular flexibility index (Phi) is 3.90. The Labute approximate surface area is 119 Å². The van der Waals surface area contributed by atoms with Crippen LogP contribution in [0.15, 0.2) is 24.3 Å². The quantitative estimate of drug-likeness (QED) is 0.831. The second kappa shape index (κ2) is 5.29. The number of aryl methyl sites for hydroxylation is 1. The number of nitrogens with two attached hydrogens (primary N) is 1. The third kappa shape index (κ3) is 2.63. The second-order valence-electron chi connectivity index (χ2n) is 5.47. The molecule has 0 heterocycles. The van der Waals surface area contributed by atoms with E-state index in [0.717, 1.165) is 24.9 Å². The highest BCUT2D eigenvalue weighted by Crippen LogP contribution is 2.46. The van der Waals surface area contributed by atoms with E-state index in [0.29, 0.717) is 10.9 Å². The third-order valence-corrected chi connectivity index (χ3v) is 4.28. The molecule has 1 fully saturated rings. The van der Waals surface area contributed by atoms with Crippen LogP contribution in [0.3, 0.4) is 0 Å². The van der Waals surface area contributed by atoms with Crippen LogP contribution in [0.2, 0.25) is 0 Å². The first-order chi connectivity index (χ1) is 8.98. The Bertz CT molecular complexity index is 507. The van der Waals surface area contributed by atoms with Crippen LogP contribution in [0.1, 0.15) is 32.3 Å². The van der Waals surface area contributed by atoms with Gasteiger partial charge in [0, 0.05) is 5.69 Å². The van der Waals surface area contributed by atoms with Crippen molar-refractivity contribution in [1.82, 2.24) is 0 Å². The van der Waals surface area contributed by atoms with Gasteiger partial charge in [0.05, 0.1) is 10.4 Å². The van der Waals surface area contributed by atoms with E-state index in [4.69, 9.17) is 18.0 Å². The van der Waals surface area contributed by atoms with Crippen molar-refractivity contribution in [3.8, 4) is 0 Å². The molecule has 0 saturated heterocycles. The number of carbonyl (C=O) groups is 1. The van der Waals surface area contributed by atoms with Crippen molar-refractivity contribution >= 4 is 28.8 Å². The first kappa shape index (κ1) is 14.0. The van der Waals surface area contributed by atoms with Crippen LogP contribution in [0.4, 0.5) is 5.69 Å². The van der Waals surface area contributed by atoms with E-state index < -0.39 is 5.41 Å². The normalized spacial score (nSPS) is 25.5. The van der Waals surface area contributed by atoms with Crippen LogP contribution in [-0.4, -0.2) is 10.9 Å². The maximum atomic E-state index is 12.4. The molecule has 102 valence electrons. The van der Waals surface area contributed by atoms with Gasteiger partial charge in [-0.3, -0.25) is 4.79 Å². The Morgan fingerprint density at radius 3 is 2.74 bits per heavy atom. The number of carbonyl (C=O) groups excluding carboxylic acids is 1. The average molecular weight is 276 g/mol. The molecule has 0 atom stereocenters. The first-order valence-electron chi connectivity index (χ1n) is 6.68. The van der Waals surface area contributed by atoms with Gasteiger partial charge in [-0.15, -0.1) is 0 Å². The molecule has 1 aromatic rings. The summed E-state index contributed by atoms with van der Waals surface area (Å²) < 4.78 is 0. The Morgan fingerprint density at radius 2 is 2.21 bits per heavy atom. The molecule has 0 radical (unpaired) electrons. The summed E-state index contributed by atoms with van der Waals surface area (Å²) in [5.41, 5.74) is 7.15. The molecule has 19 heavy (non-hydrogen) atoms. The highest BCUT2D eigenvalue weighted by atomic mass is 32.1. The molecule has 0 aliphatic heterocycles. The lowest BCUT2D eigenvalue weighted by atomic mass is 9.62. The minimum atomic E-state index is -0.642. The molecule has 0 spiro atoms. The van der Waals surface area contributed by atoms with Gasteiger partial charge < -0.3 is 11.1 Å². The van der Waals surface area contributed by atoms with Gasteiger partial charge in [0.2, 0.25) is 5.91 Å². The summed E-state index contributed by atoms with van der Waals surface area (Å²) in [7, 11) is 0. The lowest BCUT2D eigenvalue weighted by Crippen LogP contribution is -2.53. The second-order valence-corrected chi connectivity index (χ2v) is 5.91. The number of benzene rings is 1. The number of rotatable bonds is 4. The van der Waals surface area contributed by atoms with Crippen molar-refractivity contribution in [2.45, 2.75) is 33.1 Å². The first-order valence-corrected chi connectivity index (χ1v) is 7.09. The Morgan fingerprint density at radius 1 is 1.53 bits per heavy atom. The van der Waals surface area contributed by atoms with Crippen LogP contribution < -0.4 is 11.1 Å². The van der Waals surface area contributed by atoms with Gasteiger partial charge in [-0.1, -0.05) is 38.2 Å². The van der Waals surface area contributed by atoms with Gasteiger partial charge >= 0.3 is 0 Å². The largest absolute Gasteiger partial charge is 0.392 e. The minimum Gasteiger partial charge on any atom is -0.392 e. The lowest BCUT2D eigenvalue weighted by Gasteiger charge is -2.44. The molecule has 0 aromatic heterocycles. The molecule has 1 amide bonds. The zero-order valence-corrected chi connectivity index (χ0v) is 12.2. The monoisotopic (exact) mass is 276 g/mol. The van der Waals surface area contributed by atoms with Crippen LogP contribution in [0, 0.1) is 11.3 Å². The predicted octanol–water partition coefficient (Wildman–Crippen LogP) is 2.89. The molecule has 1 aromatic carbocycles. The summed E-state index contributed by atoms with van der Waals surface area (Å²) in [6.07, 6.45) is 2.45. The van der Waals surface area contributed by atoms with Crippen LogP contribution in [0.5, 0.6) is 0 Å². The standard InChI is InChI=1S/C15H20N2OS/c1-3-11-5-4-6-12(7-11)17-14(18)15(13(16)19)8-10(2)9-15/h4-7,10H,3,8-9H2,1-2H3,(H2,16,19)(H,17,18). The van der Waals surface area contributed by atoms with E-state index in [9.17, 15) is 4.79 Å². The molecule has 1 aliphatic rings. The summed E-state index contributed by atoms with van der Waals surface area (Å²) in [6, 6.07) is 7.88. The van der Waals surface area contributed by atoms with Crippen molar-refractivity contribution in [1.29, 1.82) is 0 Å². The van der Waals surface area contributed by atoms with Gasteiger partial charge in [-0.25, -0.2) is 0 Å². The van der Waals surface area contributed by atoms with Gasteiger partial charge in [-0.2, -0.15) is 0 Å². The average Bonchev–Trinajstić information content (AvgIpc) is 2.34. The smallest absolute Gasteiger partial charge is 0.237 e. The lowest BCUT2D eigenvalue weighted by molar-refractivity contribution is -0.127. The summed E-state index contributed by atoms with van der Waals surface area (Å²) in [6.45, 7) is 4.20. The molecule has 1 aliphatic carbocycles. The molecule has 2 rings (SSSR count). The molecule has 0 unspecified atom stereocenters. The number of hydrogen-bond donors (Lipinski definition) is 2. The fraction of sp³-hybridized carbons (Fsp3) is 0.467. The molecule has 1 saturated carbocycles. The molecule has 0 bridgehead atoms. The van der Waals surface area contributed by atoms with Gasteiger partial charge in [0.1, 0.15) is 0 Å². The Hall–Kier alpha value is -1.42. The molecule has 3 nitrogen and oxygen atoms in total. The van der Waals surface area contributed by atoms with Gasteiger partial charge in [0.25, 0.3) is 0 Å². The SMILES string of the molecule is CCc1cccc(NC(=O)C2(C(N)=S)CC(C)C2)c1. The Balaban J connectivity index is 2.14. The third-order valence-electron chi connectivity index (χ3n) is 3.89. The van der Waals surface area contributed by atoms with Crippen molar-refractivity contribution in [2.24, 2.45) is 17.1 Å². The van der Waals surface area contributed by atoms with Crippen LogP contribution in [-0.2, 0) is 11.2 Å². The maximum absolute atomic E-state index is 12.4. The van der Waals surface area contributed by atoms with E-state index in [2.05, 4.69) is 19.2 Å². The number of amides is 1. The van der Waals surface area contributed by atoms with Crippen LogP contribution in [0.25, 0.3) is 0 Å². The van der Waals surface area contributed by atoms with E-state index in [1.54, 1.807) is 0 Å². The van der Waals surface area contributed by atoms with E-state index >= 15 is 0 Å². The predicted molar refractivity (Wildman–Crippen MR) is 82.1 cm³/mol. The van der Waals surface area contributed by atoms with Crippen molar-refractivity contribution in [3.63, 3.8) is 0 Å². The summed E-state index contributed by atoms with van der Waals surface area (Å²) in [5.74, 6) is 0.445. The summed E-state index contributed by atoms with van der Waals surface area (Å²) in [4.78, 5) is 12.7. The highest BCUT2D eigenvalue weighted by molar-refractivity contribution is 7.80. The van der Waals surface area contributed by atoms with E-state index in [1.807, 2.05) is 24.3 Å². The van der Waals surface area contributed by atoms with E-state index in [1.165, 1.54) is 5.56 Å². The zero-order valence-electron chi connectivity index (χ0n) is 11.4. The van der Waals surface area contributed by atoms with Crippen LogP contribution >= 0.6 is 12.2 Å². The summed E-state index contributed by atoms with van der Waals surface area (Å²) in [5, 5.41) is 2.95. The topological polar surface area (TPSA) is 55.1 Å². The van der Waals surface area contributed by atoms with Crippen molar-refractivity contribution in [3.05, 3.63) is 29.8 Å². The van der Waals surface area contributed by atoms with Crippen molar-refractivity contribution < 1.29 is 4.79 Å². The van der Waals surface area contributed by atoms with Gasteiger partial charge in [-0.05, 0) is 42.9 Å². The molecule has 3 N–H and O–H groups in total. The number of anilines is 1. The minimum absolute atomic E-state index is 0.0636. The van der Waals surface area contributed by atoms with Gasteiger partial charge in [0.15, 0.2) is 0 Å².